The first kappa shape index (κ1) is 20.2. The number of nitro benzene ring substituents is 2. The maximum Gasteiger partial charge on any atom is 0.299 e. The fraction of sp³-hybridized carbons (Fsp3) is 0.0625. The van der Waals surface area contributed by atoms with Crippen LogP contribution < -0.4 is 10.6 Å². The number of amidine groups is 1. The number of para-hydroxylation sites is 1. The summed E-state index contributed by atoms with van der Waals surface area (Å²) in [6.07, 6.45) is 0. The third-order valence-corrected chi connectivity index (χ3v) is 5.06. The highest BCUT2D eigenvalue weighted by Gasteiger charge is 2.37. The van der Waals surface area contributed by atoms with Crippen molar-refractivity contribution < 1.29 is 19.4 Å². The lowest BCUT2D eigenvalue weighted by molar-refractivity contribution is -0.393. The number of carbonyl (C=O) groups excluding carboxylic acids is 2. The van der Waals surface area contributed by atoms with Gasteiger partial charge in [-0.25, -0.2) is 4.99 Å². The summed E-state index contributed by atoms with van der Waals surface area (Å²) in [6.45, 7) is 0. The van der Waals surface area contributed by atoms with Gasteiger partial charge in [0.25, 0.3) is 11.4 Å². The van der Waals surface area contributed by atoms with E-state index < -0.39 is 38.3 Å². The van der Waals surface area contributed by atoms with Crippen molar-refractivity contribution in [3.8, 4) is 0 Å². The van der Waals surface area contributed by atoms with Crippen LogP contribution in [0.3, 0.4) is 0 Å². The van der Waals surface area contributed by atoms with E-state index in [1.807, 2.05) is 0 Å². The average molecular weight is 436 g/mol. The normalized spacial score (nSPS) is 17.1. The largest absolute Gasteiger partial charge is 0.319 e. The summed E-state index contributed by atoms with van der Waals surface area (Å²) in [5, 5.41) is 25.9. The van der Waals surface area contributed by atoms with Crippen molar-refractivity contribution in [2.75, 3.05) is 5.32 Å². The van der Waals surface area contributed by atoms with Gasteiger partial charge in [-0.15, -0.1) is 0 Å². The Labute approximate surface area is 171 Å². The van der Waals surface area contributed by atoms with Crippen molar-refractivity contribution in [2.24, 2.45) is 4.99 Å². The molecule has 3 rings (SSSR count). The number of hydrogen-bond acceptors (Lipinski definition) is 8. The van der Waals surface area contributed by atoms with Gasteiger partial charge in [0.1, 0.15) is 5.69 Å². The molecule has 1 atom stereocenters. The lowest BCUT2D eigenvalue weighted by atomic mass is 10.2. The molecule has 0 saturated carbocycles. The topological polar surface area (TPSA) is 157 Å². The Balaban J connectivity index is 1.80. The monoisotopic (exact) mass is 435 g/mol. The summed E-state index contributed by atoms with van der Waals surface area (Å²) >= 11 is 6.82. The molecule has 2 amide bonds. The van der Waals surface area contributed by atoms with Crippen LogP contribution in [0.25, 0.3) is 0 Å². The maximum atomic E-state index is 12.5. The fourth-order valence-corrected chi connectivity index (χ4v) is 3.38. The van der Waals surface area contributed by atoms with E-state index >= 15 is 0 Å². The molecule has 1 heterocycles. The van der Waals surface area contributed by atoms with E-state index in [2.05, 4.69) is 15.6 Å². The molecule has 0 aliphatic carbocycles. The molecule has 13 heteroatoms. The van der Waals surface area contributed by atoms with E-state index in [-0.39, 0.29) is 10.9 Å². The van der Waals surface area contributed by atoms with Crippen LogP contribution in [0.5, 0.6) is 0 Å². The number of non-ortho nitro benzene ring substituents is 1. The lowest BCUT2D eigenvalue weighted by Crippen LogP contribution is -2.34. The minimum atomic E-state index is -1.26. The molecule has 0 aromatic heterocycles. The number of aliphatic imine (C=N–C) groups is 1. The number of amides is 2. The van der Waals surface area contributed by atoms with Crippen molar-refractivity contribution in [3.05, 3.63) is 67.7 Å². The molecule has 2 aromatic carbocycles. The van der Waals surface area contributed by atoms with E-state index in [0.29, 0.717) is 10.7 Å². The molecule has 2 N–H and O–H groups in total. The number of thioether (sulfide) groups is 1. The van der Waals surface area contributed by atoms with Crippen molar-refractivity contribution in [1.29, 1.82) is 0 Å². The second-order valence-corrected chi connectivity index (χ2v) is 7.06. The van der Waals surface area contributed by atoms with Crippen LogP contribution in [0, 0.1) is 20.2 Å². The van der Waals surface area contributed by atoms with Gasteiger partial charge >= 0.3 is 0 Å². The van der Waals surface area contributed by atoms with E-state index in [1.165, 1.54) is 0 Å². The number of anilines is 1. The average Bonchev–Trinajstić information content (AvgIpc) is 3.04. The maximum absolute atomic E-state index is 12.5. The number of nitrogens with one attached hydrogen (secondary N) is 2. The molecule has 2 aromatic rings. The van der Waals surface area contributed by atoms with E-state index in [9.17, 15) is 29.8 Å². The van der Waals surface area contributed by atoms with E-state index in [0.717, 1.165) is 30.0 Å². The van der Waals surface area contributed by atoms with Gasteiger partial charge in [0.2, 0.25) is 11.8 Å². The van der Waals surface area contributed by atoms with Gasteiger partial charge in [0.15, 0.2) is 10.4 Å². The Hall–Kier alpha value is -3.51. The Morgan fingerprint density at radius 2 is 1.90 bits per heavy atom. The smallest absolute Gasteiger partial charge is 0.299 e. The number of hydrogen-bond donors (Lipinski definition) is 2. The summed E-state index contributed by atoms with van der Waals surface area (Å²) in [7, 11) is 0. The standard InChI is InChI=1S/C16H10ClN5O6S/c17-9-3-1-2-4-10(9)19-16-20-15(24)13(29-16)14(23)18-11-6-5-8(21(25)26)7-12(11)22(27)28/h1-7,13H,(H,18,23)(H,19,20,24)/t13-/m1/s1. The SMILES string of the molecule is O=C1NC(=Nc2ccccc2Cl)S[C@@H]1C(=O)Nc1ccc([N+](=O)[O-])cc1[N+](=O)[O-]. The molecule has 0 bridgehead atoms. The number of carbonyl (C=O) groups is 2. The van der Waals surface area contributed by atoms with Crippen LogP contribution in [0.1, 0.15) is 0 Å². The predicted octanol–water partition coefficient (Wildman–Crippen LogP) is 3.01. The first-order valence-corrected chi connectivity index (χ1v) is 9.06. The fourth-order valence-electron chi connectivity index (χ4n) is 2.33. The molecule has 1 fully saturated rings. The Bertz CT molecular complexity index is 1080. The van der Waals surface area contributed by atoms with Gasteiger partial charge in [0.05, 0.1) is 26.6 Å². The van der Waals surface area contributed by atoms with Crippen molar-refractivity contribution >= 4 is 63.1 Å². The van der Waals surface area contributed by atoms with Crippen LogP contribution in [-0.4, -0.2) is 32.1 Å². The van der Waals surface area contributed by atoms with Crippen LogP contribution in [0.2, 0.25) is 5.02 Å². The third kappa shape index (κ3) is 4.50. The molecule has 29 heavy (non-hydrogen) atoms. The summed E-state index contributed by atoms with van der Waals surface area (Å²) in [4.78, 5) is 49.0. The van der Waals surface area contributed by atoms with Gasteiger partial charge in [-0.05, 0) is 18.2 Å². The number of benzene rings is 2. The van der Waals surface area contributed by atoms with Gasteiger partial charge in [-0.1, -0.05) is 35.5 Å². The van der Waals surface area contributed by atoms with Crippen molar-refractivity contribution in [1.82, 2.24) is 5.32 Å². The zero-order valence-corrected chi connectivity index (χ0v) is 15.8. The molecule has 1 aliphatic rings. The molecule has 1 saturated heterocycles. The molecule has 148 valence electrons. The molecule has 1 aliphatic heterocycles. The molecular formula is C16H10ClN5O6S. The van der Waals surface area contributed by atoms with Crippen molar-refractivity contribution in [2.45, 2.75) is 5.25 Å². The zero-order chi connectivity index (χ0) is 21.1. The molecule has 0 unspecified atom stereocenters. The Morgan fingerprint density at radius 1 is 1.17 bits per heavy atom. The van der Waals surface area contributed by atoms with Crippen LogP contribution in [-0.2, 0) is 9.59 Å². The van der Waals surface area contributed by atoms with Crippen LogP contribution in [0.15, 0.2) is 47.5 Å². The Kier molecular flexibility index (Phi) is 5.75. The van der Waals surface area contributed by atoms with Crippen LogP contribution >= 0.6 is 23.4 Å². The summed E-state index contributed by atoms with van der Waals surface area (Å²) < 4.78 is 0. The minimum Gasteiger partial charge on any atom is -0.319 e. The summed E-state index contributed by atoms with van der Waals surface area (Å²) in [5.74, 6) is -1.50. The first-order valence-electron chi connectivity index (χ1n) is 7.80. The number of nitro groups is 2. The highest BCUT2D eigenvalue weighted by molar-refractivity contribution is 8.16. The van der Waals surface area contributed by atoms with E-state index in [4.69, 9.17) is 11.6 Å². The number of nitrogens with zero attached hydrogens (tertiary/aromatic N) is 3. The highest BCUT2D eigenvalue weighted by Crippen LogP contribution is 2.31. The predicted molar refractivity (Wildman–Crippen MR) is 106 cm³/mol. The van der Waals surface area contributed by atoms with Gasteiger partial charge < -0.3 is 10.6 Å². The highest BCUT2D eigenvalue weighted by atomic mass is 35.5. The molecule has 11 nitrogen and oxygen atoms in total. The van der Waals surface area contributed by atoms with Crippen molar-refractivity contribution in [3.63, 3.8) is 0 Å². The van der Waals surface area contributed by atoms with E-state index in [1.54, 1.807) is 24.3 Å². The quantitative estimate of drug-likeness (QED) is 0.415. The molecule has 0 spiro atoms. The number of halogens is 1. The summed E-state index contributed by atoms with van der Waals surface area (Å²) in [6, 6.07) is 9.40. The minimum absolute atomic E-state index is 0.140. The lowest BCUT2D eigenvalue weighted by Gasteiger charge is -2.08. The molecular weight excluding hydrogens is 426 g/mol. The van der Waals surface area contributed by atoms with Crippen LogP contribution in [0.4, 0.5) is 22.7 Å². The van der Waals surface area contributed by atoms with Gasteiger partial charge in [-0.2, -0.15) is 0 Å². The first-order chi connectivity index (χ1) is 13.8. The second kappa shape index (κ2) is 8.24. The number of rotatable bonds is 5. The molecule has 0 radical (unpaired) electrons. The third-order valence-electron chi connectivity index (χ3n) is 3.66. The Morgan fingerprint density at radius 3 is 2.55 bits per heavy atom. The van der Waals surface area contributed by atoms with Gasteiger partial charge in [0, 0.05) is 6.07 Å². The summed E-state index contributed by atoms with van der Waals surface area (Å²) in [5.41, 5.74) is -1.04. The second-order valence-electron chi connectivity index (χ2n) is 5.56. The van der Waals surface area contributed by atoms with Gasteiger partial charge in [-0.3, -0.25) is 29.8 Å². The zero-order valence-electron chi connectivity index (χ0n) is 14.2.